The molecular weight excluding hydrogens is 310 g/mol. The zero-order chi connectivity index (χ0) is 17.9. The highest BCUT2D eigenvalue weighted by Gasteiger charge is 2.00. The predicted molar refractivity (Wildman–Crippen MR) is 105 cm³/mol. The molecular formula is C22H27NO2. The summed E-state index contributed by atoms with van der Waals surface area (Å²) < 4.78 is 5.78. The maximum Gasteiger partial charge on any atom is 0.165 e. The molecule has 0 spiro atoms. The van der Waals surface area contributed by atoms with Gasteiger partial charge in [0.25, 0.3) is 0 Å². The van der Waals surface area contributed by atoms with Crippen LogP contribution >= 0.6 is 0 Å². The van der Waals surface area contributed by atoms with Gasteiger partial charge in [0, 0.05) is 7.05 Å². The van der Waals surface area contributed by atoms with Gasteiger partial charge in [-0.15, -0.1) is 0 Å². The molecule has 1 N–H and O–H groups in total. The van der Waals surface area contributed by atoms with Crippen LogP contribution in [0.15, 0.2) is 54.2 Å². The summed E-state index contributed by atoms with van der Waals surface area (Å²) in [6, 6.07) is 16.3. The zero-order valence-electron chi connectivity index (χ0n) is 15.1. The zero-order valence-corrected chi connectivity index (χ0v) is 15.1. The minimum atomic E-state index is 0.563. The van der Waals surface area contributed by atoms with Gasteiger partial charge in [-0.3, -0.25) is 4.79 Å². The van der Waals surface area contributed by atoms with Crippen LogP contribution in [-0.2, 0) is 4.79 Å². The van der Waals surface area contributed by atoms with E-state index < -0.39 is 0 Å². The summed E-state index contributed by atoms with van der Waals surface area (Å²) >= 11 is 0. The number of aldehydes is 1. The fourth-order valence-electron chi connectivity index (χ4n) is 2.58. The minimum absolute atomic E-state index is 0.563. The second-order valence-electron chi connectivity index (χ2n) is 6.02. The summed E-state index contributed by atoms with van der Waals surface area (Å²) in [5.41, 5.74) is 3.85. The average Bonchev–Trinajstić information content (AvgIpc) is 2.67. The van der Waals surface area contributed by atoms with E-state index in [0.29, 0.717) is 5.70 Å². The SMILES string of the molecule is CCCCCCOc1ccc(-c2ccc(/C=C(/C=O)NC)cc2)cc1. The van der Waals surface area contributed by atoms with E-state index in [1.165, 1.54) is 19.3 Å². The number of carbonyl (C=O) groups is 1. The molecule has 0 aliphatic heterocycles. The van der Waals surface area contributed by atoms with Gasteiger partial charge in [0.1, 0.15) is 5.75 Å². The van der Waals surface area contributed by atoms with Crippen LogP contribution in [0.1, 0.15) is 38.2 Å². The fraction of sp³-hybridized carbons (Fsp3) is 0.318. The molecule has 25 heavy (non-hydrogen) atoms. The third kappa shape index (κ3) is 6.11. The maximum absolute atomic E-state index is 10.8. The molecule has 0 unspecified atom stereocenters. The Hall–Kier alpha value is -2.55. The van der Waals surface area contributed by atoms with Crippen LogP contribution < -0.4 is 10.1 Å². The van der Waals surface area contributed by atoms with Crippen LogP contribution in [0.2, 0.25) is 0 Å². The van der Waals surface area contributed by atoms with Gasteiger partial charge in [-0.2, -0.15) is 0 Å². The van der Waals surface area contributed by atoms with E-state index in [1.54, 1.807) is 7.05 Å². The molecule has 0 atom stereocenters. The first-order valence-electron chi connectivity index (χ1n) is 8.94. The molecule has 3 nitrogen and oxygen atoms in total. The molecule has 0 aliphatic rings. The normalized spacial score (nSPS) is 11.2. The molecule has 2 rings (SSSR count). The van der Waals surface area contributed by atoms with Crippen molar-refractivity contribution in [3.05, 3.63) is 59.8 Å². The lowest BCUT2D eigenvalue weighted by Crippen LogP contribution is -2.05. The summed E-state index contributed by atoms with van der Waals surface area (Å²) in [6.45, 7) is 3.00. The first-order chi connectivity index (χ1) is 12.3. The number of unbranched alkanes of at least 4 members (excludes halogenated alkanes) is 3. The number of benzene rings is 2. The Labute approximate surface area is 150 Å². The molecule has 132 valence electrons. The Kier molecular flexibility index (Phi) is 7.77. The van der Waals surface area contributed by atoms with Crippen LogP contribution in [0.5, 0.6) is 5.75 Å². The first kappa shape index (κ1) is 18.8. The van der Waals surface area contributed by atoms with Crippen molar-refractivity contribution in [1.29, 1.82) is 0 Å². The van der Waals surface area contributed by atoms with Crippen molar-refractivity contribution in [2.75, 3.05) is 13.7 Å². The molecule has 0 amide bonds. The van der Waals surface area contributed by atoms with Gasteiger partial charge in [0.2, 0.25) is 0 Å². The fourth-order valence-corrected chi connectivity index (χ4v) is 2.58. The number of nitrogens with one attached hydrogen (secondary N) is 1. The number of carbonyl (C=O) groups excluding carboxylic acids is 1. The molecule has 2 aromatic rings. The Balaban J connectivity index is 1.95. The van der Waals surface area contributed by atoms with E-state index >= 15 is 0 Å². The van der Waals surface area contributed by atoms with Crippen molar-refractivity contribution in [1.82, 2.24) is 5.32 Å². The van der Waals surface area contributed by atoms with Crippen LogP contribution in [-0.4, -0.2) is 19.9 Å². The standard InChI is InChI=1S/C22H27NO2/c1-3-4-5-6-15-25-22-13-11-20(12-14-22)19-9-7-18(8-10-19)16-21(17-24)23-2/h7-14,16-17,23H,3-6,15H2,1-2H3/b21-16-. The minimum Gasteiger partial charge on any atom is -0.494 e. The maximum atomic E-state index is 10.8. The van der Waals surface area contributed by atoms with E-state index in [4.69, 9.17) is 4.74 Å². The smallest absolute Gasteiger partial charge is 0.165 e. The lowest BCUT2D eigenvalue weighted by Gasteiger charge is -2.08. The number of hydrogen-bond donors (Lipinski definition) is 1. The van der Waals surface area contributed by atoms with Crippen LogP contribution in [0.4, 0.5) is 0 Å². The largest absolute Gasteiger partial charge is 0.494 e. The lowest BCUT2D eigenvalue weighted by atomic mass is 10.0. The molecule has 0 bridgehead atoms. The highest BCUT2D eigenvalue weighted by Crippen LogP contribution is 2.23. The average molecular weight is 337 g/mol. The number of rotatable bonds is 10. The number of likely N-dealkylation sites (N-methyl/N-ethyl adjacent to an activating group) is 1. The summed E-state index contributed by atoms with van der Waals surface area (Å²) in [7, 11) is 1.74. The van der Waals surface area contributed by atoms with Gasteiger partial charge in [-0.05, 0) is 41.3 Å². The highest BCUT2D eigenvalue weighted by molar-refractivity contribution is 5.81. The van der Waals surface area contributed by atoms with Gasteiger partial charge in [0.05, 0.1) is 12.3 Å². The quantitative estimate of drug-likeness (QED) is 0.373. The first-order valence-corrected chi connectivity index (χ1v) is 8.94. The topological polar surface area (TPSA) is 38.3 Å². The van der Waals surface area contributed by atoms with Crippen LogP contribution in [0.3, 0.4) is 0 Å². The summed E-state index contributed by atoms with van der Waals surface area (Å²) in [6.07, 6.45) is 7.50. The van der Waals surface area contributed by atoms with Crippen molar-refractivity contribution in [3.63, 3.8) is 0 Å². The highest BCUT2D eigenvalue weighted by atomic mass is 16.5. The molecule has 0 aromatic heterocycles. The van der Waals surface area contributed by atoms with Gasteiger partial charge in [0.15, 0.2) is 6.29 Å². The van der Waals surface area contributed by atoms with Gasteiger partial charge >= 0.3 is 0 Å². The van der Waals surface area contributed by atoms with Gasteiger partial charge < -0.3 is 10.1 Å². The van der Waals surface area contributed by atoms with Gasteiger partial charge in [-0.25, -0.2) is 0 Å². The van der Waals surface area contributed by atoms with Crippen molar-refractivity contribution in [2.45, 2.75) is 32.6 Å². The van der Waals surface area contributed by atoms with Gasteiger partial charge in [-0.1, -0.05) is 62.6 Å². The van der Waals surface area contributed by atoms with E-state index in [-0.39, 0.29) is 0 Å². The van der Waals surface area contributed by atoms with E-state index in [0.717, 1.165) is 41.8 Å². The van der Waals surface area contributed by atoms with E-state index in [9.17, 15) is 4.79 Å². The van der Waals surface area contributed by atoms with E-state index in [1.807, 2.05) is 30.3 Å². The third-order valence-electron chi connectivity index (χ3n) is 4.10. The van der Waals surface area contributed by atoms with Crippen LogP contribution in [0.25, 0.3) is 17.2 Å². The van der Waals surface area contributed by atoms with Crippen molar-refractivity contribution < 1.29 is 9.53 Å². The number of hydrogen-bond acceptors (Lipinski definition) is 3. The third-order valence-corrected chi connectivity index (χ3v) is 4.10. The predicted octanol–water partition coefficient (Wildman–Crippen LogP) is 5.07. The summed E-state index contributed by atoms with van der Waals surface area (Å²) in [4.78, 5) is 10.8. The lowest BCUT2D eigenvalue weighted by molar-refractivity contribution is -0.105. The molecule has 0 fully saturated rings. The number of ether oxygens (including phenoxy) is 1. The summed E-state index contributed by atoms with van der Waals surface area (Å²) in [5.74, 6) is 0.921. The molecule has 0 saturated carbocycles. The Morgan fingerprint density at radius 1 is 0.960 bits per heavy atom. The van der Waals surface area contributed by atoms with Crippen LogP contribution in [0, 0.1) is 0 Å². The van der Waals surface area contributed by atoms with Crippen molar-refractivity contribution >= 4 is 12.4 Å². The summed E-state index contributed by atoms with van der Waals surface area (Å²) in [5, 5.41) is 2.86. The Morgan fingerprint density at radius 2 is 1.60 bits per heavy atom. The van der Waals surface area contributed by atoms with Crippen molar-refractivity contribution in [3.8, 4) is 16.9 Å². The molecule has 3 heteroatoms. The monoisotopic (exact) mass is 337 g/mol. The molecule has 0 aliphatic carbocycles. The van der Waals surface area contributed by atoms with E-state index in [2.05, 4.69) is 36.5 Å². The Bertz CT molecular complexity index is 672. The molecule has 0 radical (unpaired) electrons. The Morgan fingerprint density at radius 3 is 2.16 bits per heavy atom. The second-order valence-corrected chi connectivity index (χ2v) is 6.02. The number of allylic oxidation sites excluding steroid dienone is 1. The van der Waals surface area contributed by atoms with Crippen molar-refractivity contribution in [2.24, 2.45) is 0 Å². The molecule has 0 heterocycles. The molecule has 2 aromatic carbocycles. The second kappa shape index (κ2) is 10.3. The molecule has 0 saturated heterocycles.